The van der Waals surface area contributed by atoms with Crippen molar-refractivity contribution in [3.05, 3.63) is 35.4 Å². The molecule has 0 saturated carbocycles. The zero-order valence-electron chi connectivity index (χ0n) is 15.4. The lowest BCUT2D eigenvalue weighted by atomic mass is 10.1. The third-order valence-electron chi connectivity index (χ3n) is 3.28. The second-order valence-corrected chi connectivity index (χ2v) is 6.28. The van der Waals surface area contributed by atoms with E-state index in [9.17, 15) is 18.0 Å². The van der Waals surface area contributed by atoms with Crippen LogP contribution >= 0.6 is 24.0 Å². The zero-order valence-corrected chi connectivity index (χ0v) is 17.7. The molecule has 1 rings (SSSR count). The first-order chi connectivity index (χ1) is 11.6. The number of nitrogens with zero attached hydrogens (tertiary/aromatic N) is 2. The summed E-state index contributed by atoms with van der Waals surface area (Å²) in [6.07, 6.45) is -4.35. The van der Waals surface area contributed by atoms with E-state index in [2.05, 4.69) is 15.6 Å². The van der Waals surface area contributed by atoms with Gasteiger partial charge in [0.25, 0.3) is 0 Å². The lowest BCUT2D eigenvalue weighted by Crippen LogP contribution is -2.44. The highest BCUT2D eigenvalue weighted by Gasteiger charge is 2.29. The summed E-state index contributed by atoms with van der Waals surface area (Å²) >= 11 is 0. The fourth-order valence-electron chi connectivity index (χ4n) is 1.76. The average molecular weight is 486 g/mol. The Bertz CT molecular complexity index is 587. The molecule has 2 N–H and O–H groups in total. The van der Waals surface area contributed by atoms with E-state index in [-0.39, 0.29) is 43.0 Å². The van der Waals surface area contributed by atoms with Gasteiger partial charge in [-0.05, 0) is 23.6 Å². The molecule has 0 aromatic heterocycles. The molecule has 1 aromatic rings. The predicted octanol–water partition coefficient (Wildman–Crippen LogP) is 3.10. The summed E-state index contributed by atoms with van der Waals surface area (Å²) < 4.78 is 37.7. The molecule has 0 unspecified atom stereocenters. The van der Waals surface area contributed by atoms with Crippen LogP contribution in [0.3, 0.4) is 0 Å². The molecule has 0 spiro atoms. The average Bonchev–Trinajstić information content (AvgIpc) is 2.53. The van der Waals surface area contributed by atoms with E-state index in [4.69, 9.17) is 0 Å². The van der Waals surface area contributed by atoms with Crippen LogP contribution in [0.15, 0.2) is 29.3 Å². The monoisotopic (exact) mass is 486 g/mol. The first kappa shape index (κ1) is 24.5. The Morgan fingerprint density at radius 2 is 1.73 bits per heavy atom. The number of hydrogen-bond acceptors (Lipinski definition) is 2. The summed E-state index contributed by atoms with van der Waals surface area (Å²) in [6, 6.07) is 4.87. The van der Waals surface area contributed by atoms with Gasteiger partial charge in [0, 0.05) is 20.6 Å². The molecule has 0 atom stereocenters. The molecule has 26 heavy (non-hydrogen) atoms. The highest BCUT2D eigenvalue weighted by molar-refractivity contribution is 14.0. The van der Waals surface area contributed by atoms with Crippen LogP contribution in [0.1, 0.15) is 25.0 Å². The smallest absolute Gasteiger partial charge is 0.356 e. The van der Waals surface area contributed by atoms with E-state index in [0.29, 0.717) is 24.0 Å². The van der Waals surface area contributed by atoms with Crippen molar-refractivity contribution in [1.29, 1.82) is 0 Å². The number of rotatable bonds is 6. The van der Waals surface area contributed by atoms with Crippen molar-refractivity contribution in [2.24, 2.45) is 10.9 Å². The molecule has 0 saturated heterocycles. The number of guanidine groups is 1. The molecule has 9 heteroatoms. The summed E-state index contributed by atoms with van der Waals surface area (Å²) in [5.74, 6) is 0.722. The predicted molar refractivity (Wildman–Crippen MR) is 108 cm³/mol. The molecule has 1 aromatic carbocycles. The Balaban J connectivity index is 0.00000625. The van der Waals surface area contributed by atoms with Crippen LogP contribution in [-0.4, -0.2) is 44.0 Å². The van der Waals surface area contributed by atoms with Crippen molar-refractivity contribution in [3.8, 4) is 0 Å². The number of carbonyl (C=O) groups excluding carboxylic acids is 1. The molecular weight excluding hydrogens is 460 g/mol. The number of aliphatic imine (C=N–C) groups is 1. The molecule has 0 aliphatic heterocycles. The summed E-state index contributed by atoms with van der Waals surface area (Å²) in [7, 11) is 3.31. The van der Waals surface area contributed by atoms with Crippen molar-refractivity contribution in [1.82, 2.24) is 15.5 Å². The Kier molecular flexibility index (Phi) is 10.6. The lowest BCUT2D eigenvalue weighted by Gasteiger charge is -2.16. The van der Waals surface area contributed by atoms with Gasteiger partial charge >= 0.3 is 6.18 Å². The van der Waals surface area contributed by atoms with Gasteiger partial charge in [0.05, 0.1) is 18.7 Å². The quantitative estimate of drug-likeness (QED) is 0.369. The van der Waals surface area contributed by atoms with Crippen molar-refractivity contribution >= 4 is 35.8 Å². The van der Waals surface area contributed by atoms with Crippen LogP contribution in [0, 0.1) is 5.92 Å². The minimum absolute atomic E-state index is 0. The van der Waals surface area contributed by atoms with Crippen molar-refractivity contribution in [2.75, 3.05) is 27.2 Å². The number of amides is 1. The number of hydrogen-bond donors (Lipinski definition) is 2. The molecular formula is C17H26F3IN4O. The van der Waals surface area contributed by atoms with E-state index in [1.165, 1.54) is 17.0 Å². The Morgan fingerprint density at radius 1 is 1.15 bits per heavy atom. The van der Waals surface area contributed by atoms with Gasteiger partial charge < -0.3 is 15.5 Å². The first-order valence-electron chi connectivity index (χ1n) is 7.98. The largest absolute Gasteiger partial charge is 0.416 e. The Labute approximate surface area is 169 Å². The van der Waals surface area contributed by atoms with Gasteiger partial charge in [-0.25, -0.2) is 4.99 Å². The molecule has 0 radical (unpaired) electrons. The zero-order chi connectivity index (χ0) is 19.0. The van der Waals surface area contributed by atoms with Gasteiger partial charge in [0.1, 0.15) is 0 Å². The molecule has 0 bridgehead atoms. The number of carbonyl (C=O) groups is 1. The minimum Gasteiger partial charge on any atom is -0.356 e. The highest BCUT2D eigenvalue weighted by atomic mass is 127. The molecule has 5 nitrogen and oxygen atoms in total. The van der Waals surface area contributed by atoms with E-state index in [1.54, 1.807) is 14.1 Å². The van der Waals surface area contributed by atoms with E-state index in [1.807, 2.05) is 13.8 Å². The summed E-state index contributed by atoms with van der Waals surface area (Å²) in [5, 5.41) is 6.04. The number of likely N-dealkylation sites (N-methyl/N-ethyl adjacent to an activating group) is 1. The summed E-state index contributed by atoms with van der Waals surface area (Å²) in [6.45, 7) is 5.03. The van der Waals surface area contributed by atoms with Crippen molar-refractivity contribution in [2.45, 2.75) is 26.6 Å². The van der Waals surface area contributed by atoms with Gasteiger partial charge in [-0.1, -0.05) is 26.0 Å². The second-order valence-electron chi connectivity index (χ2n) is 6.28. The molecule has 0 heterocycles. The number of nitrogens with one attached hydrogen (secondary N) is 2. The maximum Gasteiger partial charge on any atom is 0.416 e. The van der Waals surface area contributed by atoms with Crippen LogP contribution in [0.5, 0.6) is 0 Å². The highest BCUT2D eigenvalue weighted by Crippen LogP contribution is 2.29. The Morgan fingerprint density at radius 3 is 2.19 bits per heavy atom. The van der Waals surface area contributed by atoms with Crippen LogP contribution in [-0.2, 0) is 17.5 Å². The third kappa shape index (κ3) is 9.25. The van der Waals surface area contributed by atoms with Crippen LogP contribution in [0.4, 0.5) is 13.2 Å². The van der Waals surface area contributed by atoms with E-state index >= 15 is 0 Å². The molecule has 0 fully saturated rings. The number of benzene rings is 1. The van der Waals surface area contributed by atoms with E-state index < -0.39 is 11.7 Å². The molecule has 0 aliphatic carbocycles. The normalized spacial score (nSPS) is 11.8. The van der Waals surface area contributed by atoms with Crippen molar-refractivity contribution < 1.29 is 18.0 Å². The van der Waals surface area contributed by atoms with Gasteiger partial charge in [-0.15, -0.1) is 24.0 Å². The van der Waals surface area contributed by atoms with Crippen molar-refractivity contribution in [3.63, 3.8) is 0 Å². The standard InChI is InChI=1S/C17H25F3N4O.HI/c1-12(2)9-21-16(23-11-15(25)24(3)4)22-10-13-5-7-14(8-6-13)17(18,19)20;/h5-8,12H,9-11H2,1-4H3,(H2,21,22,23);1H. The van der Waals surface area contributed by atoms with Crippen LogP contribution in [0.2, 0.25) is 0 Å². The van der Waals surface area contributed by atoms with Crippen LogP contribution in [0.25, 0.3) is 0 Å². The van der Waals surface area contributed by atoms with Gasteiger partial charge in [-0.3, -0.25) is 4.79 Å². The SMILES string of the molecule is CC(C)CNC(=NCc1ccc(C(F)(F)F)cc1)NCC(=O)N(C)C.I. The fraction of sp³-hybridized carbons (Fsp3) is 0.529. The maximum absolute atomic E-state index is 12.6. The molecule has 148 valence electrons. The van der Waals surface area contributed by atoms with Gasteiger partial charge in [0.2, 0.25) is 5.91 Å². The summed E-state index contributed by atoms with van der Waals surface area (Å²) in [5.41, 5.74) is -0.0364. The third-order valence-corrected chi connectivity index (χ3v) is 3.28. The second kappa shape index (κ2) is 11.2. The van der Waals surface area contributed by atoms with Gasteiger partial charge in [0.15, 0.2) is 5.96 Å². The topological polar surface area (TPSA) is 56.7 Å². The summed E-state index contributed by atoms with van der Waals surface area (Å²) in [4.78, 5) is 17.5. The van der Waals surface area contributed by atoms with Gasteiger partial charge in [-0.2, -0.15) is 13.2 Å². The Hall–Kier alpha value is -1.52. The minimum atomic E-state index is -4.35. The fourth-order valence-corrected chi connectivity index (χ4v) is 1.76. The first-order valence-corrected chi connectivity index (χ1v) is 7.98. The molecule has 0 aliphatic rings. The number of halogens is 4. The van der Waals surface area contributed by atoms with Crippen LogP contribution < -0.4 is 10.6 Å². The molecule has 1 amide bonds. The van der Waals surface area contributed by atoms with E-state index in [0.717, 1.165) is 12.1 Å². The lowest BCUT2D eigenvalue weighted by molar-refractivity contribution is -0.137. The number of alkyl halides is 3. The maximum atomic E-state index is 12.6.